The SMILES string of the molecule is Cc1ccc(NC2CCCCC2)c(N(N)/C=C\N)c1.[HH]. The molecule has 1 aromatic rings. The molecular formula is C15H26N4. The fourth-order valence-electron chi connectivity index (χ4n) is 2.62. The summed E-state index contributed by atoms with van der Waals surface area (Å²) < 4.78 is 0. The molecule has 5 N–H and O–H groups in total. The summed E-state index contributed by atoms with van der Waals surface area (Å²) in [6.07, 6.45) is 9.59. The molecule has 0 heterocycles. The Morgan fingerprint density at radius 2 is 2.05 bits per heavy atom. The number of benzene rings is 1. The minimum Gasteiger partial charge on any atom is -0.403 e. The number of nitrogens with two attached hydrogens (primary N) is 2. The highest BCUT2D eigenvalue weighted by molar-refractivity contribution is 5.71. The van der Waals surface area contributed by atoms with E-state index in [-0.39, 0.29) is 1.43 Å². The van der Waals surface area contributed by atoms with E-state index in [1.807, 2.05) is 0 Å². The smallest absolute Gasteiger partial charge is 0.0802 e. The first kappa shape index (κ1) is 13.7. The zero-order chi connectivity index (χ0) is 13.7. The van der Waals surface area contributed by atoms with Gasteiger partial charge in [0.1, 0.15) is 0 Å². The highest BCUT2D eigenvalue weighted by atomic mass is 15.4. The van der Waals surface area contributed by atoms with Gasteiger partial charge in [0.05, 0.1) is 11.4 Å². The van der Waals surface area contributed by atoms with Crippen LogP contribution in [0.3, 0.4) is 0 Å². The van der Waals surface area contributed by atoms with Crippen LogP contribution < -0.4 is 21.9 Å². The van der Waals surface area contributed by atoms with Gasteiger partial charge in [-0.2, -0.15) is 0 Å². The summed E-state index contributed by atoms with van der Waals surface area (Å²) in [6.45, 7) is 2.06. The number of hydrogen-bond donors (Lipinski definition) is 3. The van der Waals surface area contributed by atoms with E-state index in [0.717, 1.165) is 11.4 Å². The molecule has 0 bridgehead atoms. The number of anilines is 2. The molecule has 0 amide bonds. The summed E-state index contributed by atoms with van der Waals surface area (Å²) >= 11 is 0. The van der Waals surface area contributed by atoms with Gasteiger partial charge >= 0.3 is 0 Å². The van der Waals surface area contributed by atoms with Crippen LogP contribution in [-0.4, -0.2) is 6.04 Å². The second kappa shape index (κ2) is 6.48. The Labute approximate surface area is 116 Å². The maximum atomic E-state index is 6.01. The number of hydrazine groups is 1. The van der Waals surface area contributed by atoms with Crippen LogP contribution >= 0.6 is 0 Å². The Hall–Kier alpha value is -1.68. The Morgan fingerprint density at radius 1 is 1.32 bits per heavy atom. The fraction of sp³-hybridized carbons (Fsp3) is 0.467. The monoisotopic (exact) mass is 262 g/mol. The second-order valence-corrected chi connectivity index (χ2v) is 5.25. The molecule has 1 saturated carbocycles. The van der Waals surface area contributed by atoms with Crippen molar-refractivity contribution in [1.82, 2.24) is 0 Å². The van der Waals surface area contributed by atoms with Gasteiger partial charge in [0.25, 0.3) is 0 Å². The zero-order valence-electron chi connectivity index (χ0n) is 11.6. The fourth-order valence-corrected chi connectivity index (χ4v) is 2.62. The van der Waals surface area contributed by atoms with E-state index in [9.17, 15) is 0 Å². The van der Waals surface area contributed by atoms with Crippen molar-refractivity contribution in [3.63, 3.8) is 0 Å². The average Bonchev–Trinajstić information content (AvgIpc) is 2.42. The number of rotatable bonds is 4. The maximum Gasteiger partial charge on any atom is 0.0802 e. The molecule has 1 aliphatic rings. The van der Waals surface area contributed by atoms with Crippen molar-refractivity contribution >= 4 is 11.4 Å². The quantitative estimate of drug-likeness (QED) is 0.576. The normalized spacial score (nSPS) is 16.7. The molecule has 1 aromatic carbocycles. The van der Waals surface area contributed by atoms with Crippen LogP contribution in [0.5, 0.6) is 0 Å². The van der Waals surface area contributed by atoms with Crippen LogP contribution in [0.25, 0.3) is 0 Å². The van der Waals surface area contributed by atoms with Crippen molar-refractivity contribution < 1.29 is 1.43 Å². The molecule has 19 heavy (non-hydrogen) atoms. The van der Waals surface area contributed by atoms with Crippen LogP contribution in [0.2, 0.25) is 0 Å². The Morgan fingerprint density at radius 3 is 2.74 bits per heavy atom. The van der Waals surface area contributed by atoms with Crippen molar-refractivity contribution in [2.24, 2.45) is 11.6 Å². The van der Waals surface area contributed by atoms with Crippen molar-refractivity contribution in [1.29, 1.82) is 0 Å². The lowest BCUT2D eigenvalue weighted by Crippen LogP contribution is -2.28. The van der Waals surface area contributed by atoms with Crippen molar-refractivity contribution in [3.05, 3.63) is 36.2 Å². The third-order valence-electron chi connectivity index (χ3n) is 3.64. The summed E-state index contributed by atoms with van der Waals surface area (Å²) in [7, 11) is 0. The first-order valence-corrected chi connectivity index (χ1v) is 7.00. The molecule has 1 fully saturated rings. The number of aryl methyl sites for hydroxylation is 1. The van der Waals surface area contributed by atoms with Gasteiger partial charge in [0, 0.05) is 19.9 Å². The highest BCUT2D eigenvalue weighted by Crippen LogP contribution is 2.29. The summed E-state index contributed by atoms with van der Waals surface area (Å²) in [6, 6.07) is 6.84. The van der Waals surface area contributed by atoms with Gasteiger partial charge in [-0.25, -0.2) is 5.84 Å². The largest absolute Gasteiger partial charge is 0.403 e. The molecule has 0 aromatic heterocycles. The minimum atomic E-state index is 0. The van der Waals surface area contributed by atoms with Gasteiger partial charge in [0.2, 0.25) is 0 Å². The van der Waals surface area contributed by atoms with Gasteiger partial charge in [-0.15, -0.1) is 0 Å². The number of nitrogens with zero attached hydrogens (tertiary/aromatic N) is 1. The zero-order valence-corrected chi connectivity index (χ0v) is 11.6. The van der Waals surface area contributed by atoms with Crippen LogP contribution in [0.4, 0.5) is 11.4 Å². The number of hydrogen-bond acceptors (Lipinski definition) is 4. The Bertz CT molecular complexity index is 441. The van der Waals surface area contributed by atoms with Gasteiger partial charge < -0.3 is 11.1 Å². The standard InChI is InChI=1S/C15H24N4.H2/c1-12-7-8-14(15(11-12)19(17)10-9-16)18-13-5-3-2-4-6-13;/h7-11,13,18H,2-6,16-17H2,1H3;1H/b10-9-;. The van der Waals surface area contributed by atoms with E-state index in [2.05, 4.69) is 30.4 Å². The molecule has 106 valence electrons. The van der Waals surface area contributed by atoms with E-state index in [0.29, 0.717) is 6.04 Å². The predicted octanol–water partition coefficient (Wildman–Crippen LogP) is 3.10. The number of nitrogens with one attached hydrogen (secondary N) is 1. The third kappa shape index (κ3) is 3.64. The second-order valence-electron chi connectivity index (χ2n) is 5.25. The molecule has 0 spiro atoms. The molecule has 4 heteroatoms. The molecule has 0 saturated heterocycles. The lowest BCUT2D eigenvalue weighted by molar-refractivity contribution is 0.463. The van der Waals surface area contributed by atoms with Crippen molar-refractivity contribution in [2.45, 2.75) is 45.1 Å². The van der Waals surface area contributed by atoms with E-state index < -0.39 is 0 Å². The van der Waals surface area contributed by atoms with Gasteiger partial charge in [0.15, 0.2) is 0 Å². The molecule has 1 aliphatic carbocycles. The first-order chi connectivity index (χ1) is 9.20. The summed E-state index contributed by atoms with van der Waals surface area (Å²) in [5.41, 5.74) is 8.65. The maximum absolute atomic E-state index is 6.01. The van der Waals surface area contributed by atoms with E-state index in [1.54, 1.807) is 11.2 Å². The molecule has 0 aliphatic heterocycles. The van der Waals surface area contributed by atoms with Gasteiger partial charge in [-0.3, -0.25) is 5.01 Å². The molecule has 2 rings (SSSR count). The molecule has 0 atom stereocenters. The molecule has 4 nitrogen and oxygen atoms in total. The first-order valence-electron chi connectivity index (χ1n) is 7.00. The summed E-state index contributed by atoms with van der Waals surface area (Å²) in [4.78, 5) is 0. The molecular weight excluding hydrogens is 236 g/mol. The topological polar surface area (TPSA) is 67.3 Å². The minimum absolute atomic E-state index is 0. The summed E-state index contributed by atoms with van der Waals surface area (Å²) in [5.74, 6) is 6.01. The average molecular weight is 262 g/mol. The van der Waals surface area contributed by atoms with Crippen LogP contribution in [0.15, 0.2) is 30.6 Å². The van der Waals surface area contributed by atoms with Crippen LogP contribution in [0, 0.1) is 6.92 Å². The highest BCUT2D eigenvalue weighted by Gasteiger charge is 2.15. The van der Waals surface area contributed by atoms with Crippen molar-refractivity contribution in [3.8, 4) is 0 Å². The Balaban J connectivity index is 0.00000200. The lowest BCUT2D eigenvalue weighted by atomic mass is 9.95. The predicted molar refractivity (Wildman–Crippen MR) is 83.8 cm³/mol. The third-order valence-corrected chi connectivity index (χ3v) is 3.64. The molecule has 0 unspecified atom stereocenters. The van der Waals surface area contributed by atoms with Crippen LogP contribution in [0.1, 0.15) is 39.1 Å². The summed E-state index contributed by atoms with van der Waals surface area (Å²) in [5, 5.41) is 5.19. The van der Waals surface area contributed by atoms with E-state index >= 15 is 0 Å². The Kier molecular flexibility index (Phi) is 4.68. The van der Waals surface area contributed by atoms with Crippen LogP contribution in [-0.2, 0) is 0 Å². The van der Waals surface area contributed by atoms with E-state index in [4.69, 9.17) is 11.6 Å². The van der Waals surface area contributed by atoms with Crippen molar-refractivity contribution in [2.75, 3.05) is 10.3 Å². The lowest BCUT2D eigenvalue weighted by Gasteiger charge is -2.27. The van der Waals surface area contributed by atoms with E-state index in [1.165, 1.54) is 43.9 Å². The van der Waals surface area contributed by atoms with Gasteiger partial charge in [-0.1, -0.05) is 25.3 Å². The molecule has 0 radical (unpaired) electrons. The van der Waals surface area contributed by atoms with Gasteiger partial charge in [-0.05, 0) is 37.5 Å².